The smallest absolute Gasteiger partial charge is 0.237 e. The van der Waals surface area contributed by atoms with Gasteiger partial charge >= 0.3 is 0 Å². The first kappa shape index (κ1) is 21.8. The number of anilines is 1. The quantitative estimate of drug-likeness (QED) is 0.639. The van der Waals surface area contributed by atoms with E-state index in [0.29, 0.717) is 29.8 Å². The lowest BCUT2D eigenvalue weighted by Gasteiger charge is -2.29. The van der Waals surface area contributed by atoms with E-state index in [2.05, 4.69) is 0 Å². The zero-order chi connectivity index (χ0) is 21.8. The molecule has 0 aromatic heterocycles. The number of thioether (sulfide) groups is 2. The van der Waals surface area contributed by atoms with E-state index >= 15 is 0 Å². The molecule has 0 N–H and O–H groups in total. The number of ether oxygens (including phenoxy) is 1. The molecule has 1 saturated heterocycles. The third-order valence-electron chi connectivity index (χ3n) is 5.11. The van der Waals surface area contributed by atoms with E-state index in [-0.39, 0.29) is 24.3 Å². The minimum Gasteiger partial charge on any atom is -0.492 e. The average molecular weight is 456 g/mol. The van der Waals surface area contributed by atoms with Crippen molar-refractivity contribution >= 4 is 51.9 Å². The minimum absolute atomic E-state index is 0.0198. The number of hydrogen-bond acceptors (Lipinski definition) is 6. The average Bonchev–Trinajstić information content (AvgIpc) is 3.14. The molecule has 31 heavy (non-hydrogen) atoms. The summed E-state index contributed by atoms with van der Waals surface area (Å²) in [6.07, 6.45) is 0.252. The van der Waals surface area contributed by atoms with Crippen LogP contribution in [0.25, 0.3) is 0 Å². The highest BCUT2D eigenvalue weighted by Crippen LogP contribution is 2.36. The maximum atomic E-state index is 13.2. The lowest BCUT2D eigenvalue weighted by molar-refractivity contribution is -0.128. The molecule has 2 aromatic carbocycles. The molecule has 162 valence electrons. The molecule has 1 atom stereocenters. The second kappa shape index (κ2) is 9.78. The van der Waals surface area contributed by atoms with E-state index in [1.807, 2.05) is 62.4 Å². The van der Waals surface area contributed by atoms with Crippen LogP contribution >= 0.6 is 23.5 Å². The van der Waals surface area contributed by atoms with Crippen LogP contribution < -0.4 is 9.64 Å². The Morgan fingerprint density at radius 1 is 1.16 bits per heavy atom. The van der Waals surface area contributed by atoms with Crippen molar-refractivity contribution in [2.75, 3.05) is 29.6 Å². The second-order valence-corrected chi connectivity index (χ2v) is 9.27. The number of benzene rings is 2. The highest BCUT2D eigenvalue weighted by atomic mass is 32.2. The molecule has 0 radical (unpaired) electrons. The molecule has 0 aliphatic carbocycles. The van der Waals surface area contributed by atoms with Crippen molar-refractivity contribution in [2.24, 2.45) is 4.99 Å². The Kier molecular flexibility index (Phi) is 6.87. The van der Waals surface area contributed by atoms with Crippen LogP contribution in [0.4, 0.5) is 11.4 Å². The Balaban J connectivity index is 1.51. The van der Waals surface area contributed by atoms with Gasteiger partial charge in [-0.1, -0.05) is 36.0 Å². The van der Waals surface area contributed by atoms with E-state index in [1.54, 1.807) is 33.3 Å². The first-order valence-electron chi connectivity index (χ1n) is 10.4. The number of carbonyl (C=O) groups is 2. The number of fused-ring (bicyclic) bond motifs is 1. The van der Waals surface area contributed by atoms with Gasteiger partial charge in [0, 0.05) is 29.7 Å². The second-order valence-electron chi connectivity index (χ2n) is 7.27. The molecule has 2 heterocycles. The molecule has 8 heteroatoms. The van der Waals surface area contributed by atoms with Crippen LogP contribution in [0, 0.1) is 0 Å². The van der Waals surface area contributed by atoms with E-state index in [9.17, 15) is 9.59 Å². The predicted molar refractivity (Wildman–Crippen MR) is 128 cm³/mol. The monoisotopic (exact) mass is 455 g/mol. The summed E-state index contributed by atoms with van der Waals surface area (Å²) in [5, 5.41) is 0.686. The maximum Gasteiger partial charge on any atom is 0.237 e. The molecular weight excluding hydrogens is 430 g/mol. The van der Waals surface area contributed by atoms with Gasteiger partial charge in [0.1, 0.15) is 11.4 Å². The van der Waals surface area contributed by atoms with Gasteiger partial charge in [0.25, 0.3) is 0 Å². The lowest BCUT2D eigenvalue weighted by atomic mass is 10.2. The largest absolute Gasteiger partial charge is 0.492 e. The van der Waals surface area contributed by atoms with Gasteiger partial charge in [0.15, 0.2) is 5.17 Å². The number of amides is 2. The van der Waals surface area contributed by atoms with E-state index in [1.165, 1.54) is 0 Å². The fourth-order valence-corrected chi connectivity index (χ4v) is 5.68. The van der Waals surface area contributed by atoms with Crippen LogP contribution in [0.3, 0.4) is 0 Å². The Bertz CT molecular complexity index is 1010. The standard InChI is InChI=1S/C23H25N3O3S2/c1-3-29-19-10-6-4-8-17(19)24-23-26(16(2)14-31-23)21(27)12-13-25-18-9-5-7-11-20(18)30-15-22(25)28/h4-11,16H,3,12-15H2,1-2H3. The summed E-state index contributed by atoms with van der Waals surface area (Å²) in [5.74, 6) is 1.93. The number of aliphatic imine (C=N–C) groups is 1. The molecule has 2 aromatic rings. The lowest BCUT2D eigenvalue weighted by Crippen LogP contribution is -2.42. The van der Waals surface area contributed by atoms with Gasteiger partial charge < -0.3 is 9.64 Å². The first-order chi connectivity index (χ1) is 15.1. The number of rotatable bonds is 6. The number of hydrogen-bond donors (Lipinski definition) is 0. The fraction of sp³-hybridized carbons (Fsp3) is 0.348. The summed E-state index contributed by atoms with van der Waals surface area (Å²) >= 11 is 3.12. The summed E-state index contributed by atoms with van der Waals surface area (Å²) in [7, 11) is 0. The summed E-state index contributed by atoms with van der Waals surface area (Å²) in [4.78, 5) is 35.0. The SMILES string of the molecule is CCOc1ccccc1N=C1SCC(C)N1C(=O)CCN1C(=O)CSc2ccccc21. The molecule has 1 fully saturated rings. The van der Waals surface area contributed by atoms with Gasteiger partial charge in [0.2, 0.25) is 11.8 Å². The van der Waals surface area contributed by atoms with E-state index < -0.39 is 0 Å². The summed E-state index contributed by atoms with van der Waals surface area (Å²) in [6.45, 7) is 4.88. The number of carbonyl (C=O) groups excluding carboxylic acids is 2. The molecule has 2 amide bonds. The van der Waals surface area contributed by atoms with Crippen molar-refractivity contribution in [1.29, 1.82) is 0 Å². The van der Waals surface area contributed by atoms with Gasteiger partial charge in [-0.3, -0.25) is 14.5 Å². The van der Waals surface area contributed by atoms with Crippen molar-refractivity contribution in [3.05, 3.63) is 48.5 Å². The maximum absolute atomic E-state index is 13.2. The summed E-state index contributed by atoms with van der Waals surface area (Å²) in [6, 6.07) is 15.5. The number of amidine groups is 1. The van der Waals surface area contributed by atoms with Crippen molar-refractivity contribution < 1.29 is 14.3 Å². The van der Waals surface area contributed by atoms with Crippen molar-refractivity contribution in [3.63, 3.8) is 0 Å². The molecule has 0 spiro atoms. The van der Waals surface area contributed by atoms with Gasteiger partial charge in [-0.15, -0.1) is 11.8 Å². The third-order valence-corrected chi connectivity index (χ3v) is 7.35. The minimum atomic E-state index is -0.0198. The highest BCUT2D eigenvalue weighted by molar-refractivity contribution is 8.14. The van der Waals surface area contributed by atoms with E-state index in [0.717, 1.165) is 22.0 Å². The van der Waals surface area contributed by atoms with Crippen LogP contribution in [0.5, 0.6) is 5.75 Å². The fourth-order valence-electron chi connectivity index (χ4n) is 3.62. The number of para-hydroxylation sites is 3. The Labute approximate surface area is 191 Å². The van der Waals surface area contributed by atoms with Gasteiger partial charge in [-0.05, 0) is 38.1 Å². The topological polar surface area (TPSA) is 62.2 Å². The van der Waals surface area contributed by atoms with Crippen molar-refractivity contribution in [2.45, 2.75) is 31.2 Å². The Morgan fingerprint density at radius 2 is 1.94 bits per heavy atom. The summed E-state index contributed by atoms with van der Waals surface area (Å²) < 4.78 is 5.68. The van der Waals surface area contributed by atoms with Crippen LogP contribution in [-0.2, 0) is 9.59 Å². The molecule has 2 aliphatic heterocycles. The van der Waals surface area contributed by atoms with Crippen molar-refractivity contribution in [3.8, 4) is 5.75 Å². The molecule has 6 nitrogen and oxygen atoms in total. The molecule has 0 bridgehead atoms. The molecular formula is C23H25N3O3S2. The van der Waals surface area contributed by atoms with Crippen molar-refractivity contribution in [1.82, 2.24) is 4.90 Å². The van der Waals surface area contributed by atoms with Crippen LogP contribution in [0.2, 0.25) is 0 Å². The Hall–Kier alpha value is -2.45. The normalized spacial score (nSPS) is 19.6. The zero-order valence-corrected chi connectivity index (χ0v) is 19.2. The van der Waals surface area contributed by atoms with Gasteiger partial charge in [-0.2, -0.15) is 0 Å². The molecule has 0 saturated carbocycles. The third kappa shape index (κ3) is 4.75. The van der Waals surface area contributed by atoms with Gasteiger partial charge in [0.05, 0.1) is 18.0 Å². The first-order valence-corrected chi connectivity index (χ1v) is 12.3. The molecule has 4 rings (SSSR count). The Morgan fingerprint density at radius 3 is 2.77 bits per heavy atom. The molecule has 1 unspecified atom stereocenters. The summed E-state index contributed by atoms with van der Waals surface area (Å²) in [5.41, 5.74) is 1.61. The highest BCUT2D eigenvalue weighted by Gasteiger charge is 2.33. The van der Waals surface area contributed by atoms with Gasteiger partial charge in [-0.25, -0.2) is 4.99 Å². The van der Waals surface area contributed by atoms with E-state index in [4.69, 9.17) is 9.73 Å². The van der Waals surface area contributed by atoms with Crippen LogP contribution in [0.15, 0.2) is 58.4 Å². The van der Waals surface area contributed by atoms with Crippen LogP contribution in [-0.4, -0.2) is 52.6 Å². The van der Waals surface area contributed by atoms with Crippen LogP contribution in [0.1, 0.15) is 20.3 Å². The number of nitrogens with zero attached hydrogens (tertiary/aromatic N) is 3. The zero-order valence-electron chi connectivity index (χ0n) is 17.6. The molecule has 2 aliphatic rings. The predicted octanol–water partition coefficient (Wildman–Crippen LogP) is 4.57.